The number of aromatic nitrogens is 1. The fourth-order valence-corrected chi connectivity index (χ4v) is 2.54. The molecule has 3 nitrogen and oxygen atoms in total. The van der Waals surface area contributed by atoms with E-state index in [0.717, 1.165) is 31.1 Å². The van der Waals surface area contributed by atoms with Crippen LogP contribution in [0, 0.1) is 0 Å². The van der Waals surface area contributed by atoms with Crippen LogP contribution in [0.2, 0.25) is 0 Å². The molecule has 14 heavy (non-hydrogen) atoms. The summed E-state index contributed by atoms with van der Waals surface area (Å²) in [5.41, 5.74) is 1.23. The second kappa shape index (κ2) is 4.87. The predicted octanol–water partition coefficient (Wildman–Crippen LogP) is 2.18. The third-order valence-electron chi connectivity index (χ3n) is 2.48. The maximum absolute atomic E-state index is 5.33. The summed E-state index contributed by atoms with van der Waals surface area (Å²) < 4.78 is 10.4. The number of ether oxygens (including phenoxy) is 2. The average molecular weight is 213 g/mol. The van der Waals surface area contributed by atoms with Gasteiger partial charge in [-0.2, -0.15) is 0 Å². The molecule has 2 heterocycles. The molecule has 1 fully saturated rings. The molecule has 0 saturated carbocycles. The molecule has 78 valence electrons. The zero-order valence-electron chi connectivity index (χ0n) is 8.36. The van der Waals surface area contributed by atoms with Gasteiger partial charge in [0.05, 0.1) is 12.3 Å². The van der Waals surface area contributed by atoms with E-state index in [1.54, 1.807) is 18.4 Å². The van der Waals surface area contributed by atoms with Crippen molar-refractivity contribution in [2.45, 2.75) is 25.4 Å². The Kier molecular flexibility index (Phi) is 3.50. The van der Waals surface area contributed by atoms with Gasteiger partial charge in [0.1, 0.15) is 5.01 Å². The maximum Gasteiger partial charge on any atom is 0.119 e. The van der Waals surface area contributed by atoms with Crippen LogP contribution in [0.3, 0.4) is 0 Å². The molecule has 0 spiro atoms. The summed E-state index contributed by atoms with van der Waals surface area (Å²) in [6, 6.07) is 0. The van der Waals surface area contributed by atoms with E-state index < -0.39 is 0 Å². The lowest BCUT2D eigenvalue weighted by atomic mass is 9.98. The molecule has 0 aliphatic carbocycles. The van der Waals surface area contributed by atoms with Crippen molar-refractivity contribution >= 4 is 11.3 Å². The summed E-state index contributed by atoms with van der Waals surface area (Å²) in [5, 5.41) is 3.23. The molecular weight excluding hydrogens is 198 g/mol. The third kappa shape index (κ3) is 2.32. The van der Waals surface area contributed by atoms with Gasteiger partial charge in [-0.25, -0.2) is 4.98 Å². The van der Waals surface area contributed by atoms with Gasteiger partial charge in [-0.05, 0) is 12.8 Å². The van der Waals surface area contributed by atoms with Crippen LogP contribution in [0.5, 0.6) is 0 Å². The number of methoxy groups -OCH3 is 1. The Labute approximate surface area is 88.1 Å². The molecule has 0 atom stereocenters. The van der Waals surface area contributed by atoms with Crippen molar-refractivity contribution < 1.29 is 9.47 Å². The molecule has 0 aromatic carbocycles. The van der Waals surface area contributed by atoms with E-state index in [4.69, 9.17) is 9.47 Å². The molecule has 1 aromatic heterocycles. The molecule has 1 aliphatic rings. The predicted molar refractivity (Wildman–Crippen MR) is 55.6 cm³/mol. The van der Waals surface area contributed by atoms with Crippen LogP contribution in [0.4, 0.5) is 0 Å². The highest BCUT2D eigenvalue weighted by molar-refractivity contribution is 7.09. The summed E-state index contributed by atoms with van der Waals surface area (Å²) in [7, 11) is 1.70. The number of hydrogen-bond acceptors (Lipinski definition) is 4. The van der Waals surface area contributed by atoms with Crippen LogP contribution < -0.4 is 0 Å². The molecule has 0 bridgehead atoms. The second-order valence-corrected chi connectivity index (χ2v) is 4.43. The first kappa shape index (κ1) is 10.1. The Hall–Kier alpha value is -0.450. The topological polar surface area (TPSA) is 31.4 Å². The van der Waals surface area contributed by atoms with Crippen LogP contribution in [0.15, 0.2) is 5.38 Å². The third-order valence-corrected chi connectivity index (χ3v) is 3.32. The van der Waals surface area contributed by atoms with Crippen LogP contribution in [0.1, 0.15) is 29.5 Å². The molecule has 4 heteroatoms. The normalized spacial score (nSPS) is 18.6. The SMILES string of the molecule is COCc1nc(C2CCOCC2)cs1. The van der Waals surface area contributed by atoms with Crippen molar-refractivity contribution in [2.24, 2.45) is 0 Å². The molecule has 2 rings (SSSR count). The Balaban J connectivity index is 2.00. The van der Waals surface area contributed by atoms with Gasteiger partial charge < -0.3 is 9.47 Å². The van der Waals surface area contributed by atoms with Gasteiger partial charge in [0.2, 0.25) is 0 Å². The largest absolute Gasteiger partial charge is 0.381 e. The van der Waals surface area contributed by atoms with E-state index in [0.29, 0.717) is 12.5 Å². The number of rotatable bonds is 3. The molecule has 0 radical (unpaired) electrons. The van der Waals surface area contributed by atoms with E-state index in [2.05, 4.69) is 10.4 Å². The van der Waals surface area contributed by atoms with Gasteiger partial charge in [0, 0.05) is 31.6 Å². The summed E-state index contributed by atoms with van der Waals surface area (Å²) in [5.74, 6) is 0.602. The first-order valence-electron chi connectivity index (χ1n) is 4.91. The van der Waals surface area contributed by atoms with Crippen molar-refractivity contribution in [2.75, 3.05) is 20.3 Å². The first-order valence-corrected chi connectivity index (χ1v) is 5.79. The van der Waals surface area contributed by atoms with Gasteiger partial charge in [0.25, 0.3) is 0 Å². The molecular formula is C10H15NO2S. The van der Waals surface area contributed by atoms with Crippen LogP contribution >= 0.6 is 11.3 Å². The number of nitrogens with zero attached hydrogens (tertiary/aromatic N) is 1. The summed E-state index contributed by atoms with van der Waals surface area (Å²) in [4.78, 5) is 4.56. The summed E-state index contributed by atoms with van der Waals surface area (Å²) >= 11 is 1.69. The lowest BCUT2D eigenvalue weighted by Gasteiger charge is -2.19. The molecule has 0 N–H and O–H groups in total. The molecule has 1 saturated heterocycles. The van der Waals surface area contributed by atoms with E-state index in [9.17, 15) is 0 Å². The Morgan fingerprint density at radius 3 is 3.07 bits per heavy atom. The van der Waals surface area contributed by atoms with Crippen molar-refractivity contribution in [1.29, 1.82) is 0 Å². The smallest absolute Gasteiger partial charge is 0.119 e. The highest BCUT2D eigenvalue weighted by Crippen LogP contribution is 2.27. The number of hydrogen-bond donors (Lipinski definition) is 0. The monoisotopic (exact) mass is 213 g/mol. The summed E-state index contributed by atoms with van der Waals surface area (Å²) in [6.07, 6.45) is 2.21. The average Bonchev–Trinajstić information content (AvgIpc) is 2.68. The van der Waals surface area contributed by atoms with Crippen molar-refractivity contribution in [1.82, 2.24) is 4.98 Å². The standard InChI is InChI=1S/C10H15NO2S/c1-12-6-10-11-9(7-14-10)8-2-4-13-5-3-8/h7-8H,2-6H2,1H3. The lowest BCUT2D eigenvalue weighted by molar-refractivity contribution is 0.0845. The first-order chi connectivity index (χ1) is 6.90. The molecule has 0 unspecified atom stereocenters. The lowest BCUT2D eigenvalue weighted by Crippen LogP contribution is -2.14. The Bertz CT molecular complexity index is 281. The van der Waals surface area contributed by atoms with Gasteiger partial charge in [0.15, 0.2) is 0 Å². The highest BCUT2D eigenvalue weighted by atomic mass is 32.1. The minimum absolute atomic E-state index is 0.602. The zero-order valence-corrected chi connectivity index (χ0v) is 9.18. The van der Waals surface area contributed by atoms with E-state index >= 15 is 0 Å². The van der Waals surface area contributed by atoms with Gasteiger partial charge in [-0.15, -0.1) is 11.3 Å². The van der Waals surface area contributed by atoms with Gasteiger partial charge >= 0.3 is 0 Å². The zero-order chi connectivity index (χ0) is 9.80. The van der Waals surface area contributed by atoms with Crippen LogP contribution in [-0.2, 0) is 16.1 Å². The highest BCUT2D eigenvalue weighted by Gasteiger charge is 2.18. The minimum Gasteiger partial charge on any atom is -0.381 e. The Morgan fingerprint density at radius 2 is 2.36 bits per heavy atom. The number of thiazole rings is 1. The van der Waals surface area contributed by atoms with Crippen molar-refractivity contribution in [3.63, 3.8) is 0 Å². The molecule has 1 aliphatic heterocycles. The second-order valence-electron chi connectivity index (χ2n) is 3.49. The molecule has 0 amide bonds. The van der Waals surface area contributed by atoms with E-state index in [1.807, 2.05) is 0 Å². The van der Waals surface area contributed by atoms with E-state index in [-0.39, 0.29) is 0 Å². The van der Waals surface area contributed by atoms with Crippen molar-refractivity contribution in [3.8, 4) is 0 Å². The Morgan fingerprint density at radius 1 is 1.57 bits per heavy atom. The minimum atomic E-state index is 0.602. The maximum atomic E-state index is 5.33. The molecule has 1 aromatic rings. The fraction of sp³-hybridized carbons (Fsp3) is 0.700. The summed E-state index contributed by atoms with van der Waals surface area (Å²) in [6.45, 7) is 2.39. The van der Waals surface area contributed by atoms with Crippen molar-refractivity contribution in [3.05, 3.63) is 16.1 Å². The van der Waals surface area contributed by atoms with Crippen LogP contribution in [-0.4, -0.2) is 25.3 Å². The van der Waals surface area contributed by atoms with E-state index in [1.165, 1.54) is 5.69 Å². The fourth-order valence-electron chi connectivity index (χ4n) is 1.70. The quantitative estimate of drug-likeness (QED) is 0.771. The van der Waals surface area contributed by atoms with Crippen LogP contribution in [0.25, 0.3) is 0 Å². The van der Waals surface area contributed by atoms with Gasteiger partial charge in [-0.3, -0.25) is 0 Å². The van der Waals surface area contributed by atoms with Gasteiger partial charge in [-0.1, -0.05) is 0 Å².